The fourth-order valence-corrected chi connectivity index (χ4v) is 6.05. The number of nitrogens with one attached hydrogen (secondary N) is 1. The summed E-state index contributed by atoms with van der Waals surface area (Å²) in [7, 11) is -4.21. The maximum absolute atomic E-state index is 14.0. The van der Waals surface area contributed by atoms with Gasteiger partial charge >= 0.3 is 0 Å². The second kappa shape index (κ2) is 13.5. The summed E-state index contributed by atoms with van der Waals surface area (Å²) in [6.45, 7) is 4.62. The molecule has 0 saturated carbocycles. The van der Waals surface area contributed by atoms with E-state index in [9.17, 15) is 18.0 Å². The van der Waals surface area contributed by atoms with E-state index in [2.05, 4.69) is 5.32 Å². The number of rotatable bonds is 11. The van der Waals surface area contributed by atoms with Crippen LogP contribution in [0, 0.1) is 0 Å². The maximum atomic E-state index is 14.0. The van der Waals surface area contributed by atoms with E-state index in [-0.39, 0.29) is 28.2 Å². The Hall–Kier alpha value is -2.78. The van der Waals surface area contributed by atoms with Crippen molar-refractivity contribution in [2.24, 2.45) is 0 Å². The van der Waals surface area contributed by atoms with Crippen molar-refractivity contribution in [3.8, 4) is 0 Å². The van der Waals surface area contributed by atoms with E-state index in [1.54, 1.807) is 61.5 Å². The van der Waals surface area contributed by atoms with Gasteiger partial charge in [-0.1, -0.05) is 78.1 Å². The van der Waals surface area contributed by atoms with Gasteiger partial charge < -0.3 is 10.2 Å². The molecule has 208 valence electrons. The zero-order chi connectivity index (χ0) is 28.7. The molecule has 3 aromatic carbocycles. The van der Waals surface area contributed by atoms with Crippen LogP contribution in [0.25, 0.3) is 0 Å². The molecule has 0 bridgehead atoms. The average molecular weight is 611 g/mol. The Morgan fingerprint density at radius 3 is 2.00 bits per heavy atom. The van der Waals surface area contributed by atoms with Crippen LogP contribution in [0.5, 0.6) is 0 Å². The van der Waals surface area contributed by atoms with E-state index >= 15 is 0 Å². The molecule has 39 heavy (non-hydrogen) atoms. The number of carbonyl (C=O) groups excluding carboxylic acids is 2. The van der Waals surface area contributed by atoms with Crippen LogP contribution in [0.2, 0.25) is 15.1 Å². The fraction of sp³-hybridized carbons (Fsp3) is 0.286. The lowest BCUT2D eigenvalue weighted by Crippen LogP contribution is -2.52. The van der Waals surface area contributed by atoms with Gasteiger partial charge in [0.15, 0.2) is 0 Å². The summed E-state index contributed by atoms with van der Waals surface area (Å²) < 4.78 is 28.5. The van der Waals surface area contributed by atoms with Crippen LogP contribution in [-0.2, 0) is 26.2 Å². The molecule has 3 aromatic rings. The van der Waals surface area contributed by atoms with E-state index in [0.29, 0.717) is 22.0 Å². The summed E-state index contributed by atoms with van der Waals surface area (Å²) in [5.41, 5.74) is 0.566. The predicted octanol–water partition coefficient (Wildman–Crippen LogP) is 6.17. The van der Waals surface area contributed by atoms with Crippen LogP contribution in [0.15, 0.2) is 77.7 Å². The lowest BCUT2D eigenvalue weighted by molar-refractivity contribution is -0.139. The van der Waals surface area contributed by atoms with Crippen molar-refractivity contribution in [1.29, 1.82) is 0 Å². The summed E-state index contributed by atoms with van der Waals surface area (Å²) >= 11 is 19.2. The van der Waals surface area contributed by atoms with Crippen LogP contribution < -0.4 is 9.62 Å². The smallest absolute Gasteiger partial charge is 0.264 e. The van der Waals surface area contributed by atoms with Gasteiger partial charge in [0.05, 0.1) is 15.6 Å². The number of sulfonamides is 1. The first-order valence-corrected chi connectivity index (χ1v) is 14.9. The third kappa shape index (κ3) is 7.45. The normalized spacial score (nSPS) is 12.9. The van der Waals surface area contributed by atoms with Crippen LogP contribution in [0.3, 0.4) is 0 Å². The Balaban J connectivity index is 2.07. The number of hydrogen-bond donors (Lipinski definition) is 1. The molecule has 1 N–H and O–H groups in total. The number of para-hydroxylation sites is 1. The van der Waals surface area contributed by atoms with E-state index in [1.807, 2.05) is 13.8 Å². The quantitative estimate of drug-likeness (QED) is 0.281. The summed E-state index contributed by atoms with van der Waals surface area (Å²) in [5.74, 6) is -1.03. The summed E-state index contributed by atoms with van der Waals surface area (Å²) in [4.78, 5) is 28.3. The minimum atomic E-state index is -4.21. The van der Waals surface area contributed by atoms with Crippen molar-refractivity contribution in [2.45, 2.75) is 50.7 Å². The number of hydrogen-bond acceptors (Lipinski definition) is 4. The molecule has 2 amide bonds. The monoisotopic (exact) mass is 609 g/mol. The number of nitrogens with zero attached hydrogens (tertiary/aromatic N) is 2. The van der Waals surface area contributed by atoms with Gasteiger partial charge in [0.2, 0.25) is 11.8 Å². The molecule has 0 heterocycles. The summed E-state index contributed by atoms with van der Waals surface area (Å²) in [5, 5.41) is 3.65. The number of amides is 2. The Morgan fingerprint density at radius 2 is 1.41 bits per heavy atom. The molecule has 0 fully saturated rings. The Kier molecular flexibility index (Phi) is 10.7. The van der Waals surface area contributed by atoms with Crippen molar-refractivity contribution in [2.75, 3.05) is 10.8 Å². The predicted molar refractivity (Wildman–Crippen MR) is 157 cm³/mol. The molecule has 0 aliphatic heterocycles. The topological polar surface area (TPSA) is 86.8 Å². The van der Waals surface area contributed by atoms with E-state index < -0.39 is 34.4 Å². The van der Waals surface area contributed by atoms with Crippen LogP contribution in [0.4, 0.5) is 5.69 Å². The van der Waals surface area contributed by atoms with Gasteiger partial charge in [-0.15, -0.1) is 0 Å². The molecule has 11 heteroatoms. The van der Waals surface area contributed by atoms with Gasteiger partial charge in [-0.3, -0.25) is 13.9 Å². The molecule has 0 saturated heterocycles. The minimum absolute atomic E-state index is 0.0130. The van der Waals surface area contributed by atoms with Crippen molar-refractivity contribution < 1.29 is 18.0 Å². The Bertz CT molecular complexity index is 1400. The molecule has 0 aromatic heterocycles. The maximum Gasteiger partial charge on any atom is 0.264 e. The Labute approximate surface area is 244 Å². The lowest BCUT2D eigenvalue weighted by Gasteiger charge is -2.33. The minimum Gasteiger partial charge on any atom is -0.352 e. The zero-order valence-corrected chi connectivity index (χ0v) is 24.9. The highest BCUT2D eigenvalue weighted by atomic mass is 35.5. The van der Waals surface area contributed by atoms with Gasteiger partial charge in [-0.2, -0.15) is 0 Å². The molecule has 0 aliphatic rings. The Morgan fingerprint density at radius 1 is 0.846 bits per heavy atom. The van der Waals surface area contributed by atoms with Gasteiger partial charge in [-0.25, -0.2) is 8.42 Å². The van der Waals surface area contributed by atoms with Crippen molar-refractivity contribution in [3.63, 3.8) is 0 Å². The molecule has 2 atom stereocenters. The summed E-state index contributed by atoms with van der Waals surface area (Å²) in [6, 6.07) is 17.9. The standard InChI is InChI=1S/C28H30Cl3N3O4S/c1-4-19(2)32-28(36)20(3)33(17-22-23(29)14-10-15-24(22)30)27(35)18-34(26-16-9-8-13-25(26)31)39(37,38)21-11-6-5-7-12-21/h5-16,19-20H,4,17-18H2,1-3H3,(H,32,36)/t19-,20-/m1/s1. The van der Waals surface area contributed by atoms with Crippen LogP contribution in [0.1, 0.15) is 32.8 Å². The lowest BCUT2D eigenvalue weighted by atomic mass is 10.1. The van der Waals surface area contributed by atoms with E-state index in [1.165, 1.54) is 23.1 Å². The highest BCUT2D eigenvalue weighted by molar-refractivity contribution is 7.92. The molecule has 0 unspecified atom stereocenters. The first-order chi connectivity index (χ1) is 18.5. The highest BCUT2D eigenvalue weighted by Crippen LogP contribution is 2.31. The van der Waals surface area contributed by atoms with Gasteiger partial charge in [-0.05, 0) is 56.7 Å². The van der Waals surface area contributed by atoms with Crippen molar-refractivity contribution >= 4 is 62.3 Å². The zero-order valence-electron chi connectivity index (χ0n) is 21.8. The van der Waals surface area contributed by atoms with E-state index in [0.717, 1.165) is 4.31 Å². The van der Waals surface area contributed by atoms with E-state index in [4.69, 9.17) is 34.8 Å². The summed E-state index contributed by atoms with van der Waals surface area (Å²) in [6.07, 6.45) is 0.693. The number of halogens is 3. The first kappa shape index (κ1) is 30.8. The SMILES string of the molecule is CC[C@@H](C)NC(=O)[C@@H](C)N(Cc1c(Cl)cccc1Cl)C(=O)CN(c1ccccc1Cl)S(=O)(=O)c1ccccc1. The van der Waals surface area contributed by atoms with Crippen molar-refractivity contribution in [1.82, 2.24) is 10.2 Å². The number of carbonyl (C=O) groups is 2. The highest BCUT2D eigenvalue weighted by Gasteiger charge is 2.34. The molecule has 0 aliphatic carbocycles. The molecule has 0 spiro atoms. The molecule has 7 nitrogen and oxygen atoms in total. The second-order valence-corrected chi connectivity index (χ2v) is 12.1. The fourth-order valence-electron chi connectivity index (χ4n) is 3.79. The number of anilines is 1. The second-order valence-electron chi connectivity index (χ2n) is 8.99. The van der Waals surface area contributed by atoms with Crippen molar-refractivity contribution in [3.05, 3.63) is 93.4 Å². The molecule has 3 rings (SSSR count). The van der Waals surface area contributed by atoms with Gasteiger partial charge in [0.1, 0.15) is 12.6 Å². The third-order valence-electron chi connectivity index (χ3n) is 6.29. The first-order valence-electron chi connectivity index (χ1n) is 12.3. The molecule has 0 radical (unpaired) electrons. The largest absolute Gasteiger partial charge is 0.352 e. The number of benzene rings is 3. The van der Waals surface area contributed by atoms with Crippen LogP contribution >= 0.6 is 34.8 Å². The molecular formula is C28H30Cl3N3O4S. The third-order valence-corrected chi connectivity index (χ3v) is 9.09. The van der Waals surface area contributed by atoms with Gasteiger partial charge in [0.25, 0.3) is 10.0 Å². The van der Waals surface area contributed by atoms with Gasteiger partial charge in [0, 0.05) is 28.2 Å². The van der Waals surface area contributed by atoms with Crippen LogP contribution in [-0.4, -0.2) is 43.8 Å². The molecular weight excluding hydrogens is 581 g/mol. The average Bonchev–Trinajstić information content (AvgIpc) is 2.92.